The number of carbonyl (C=O) groups excluding carboxylic acids is 2. The van der Waals surface area contributed by atoms with Gasteiger partial charge in [0.25, 0.3) is 0 Å². The Hall–Kier alpha value is -2.75. The highest BCUT2D eigenvalue weighted by Gasteiger charge is 2.29. The zero-order chi connectivity index (χ0) is 13.2. The van der Waals surface area contributed by atoms with Crippen LogP contribution in [0, 0.1) is 0 Å². The van der Waals surface area contributed by atoms with Crippen molar-refractivity contribution < 1.29 is 9.59 Å². The molecule has 1 heterocycles. The highest BCUT2D eigenvalue weighted by atomic mass is 16.2. The predicted octanol–water partition coefficient (Wildman–Crippen LogP) is 2.63. The quantitative estimate of drug-likeness (QED) is 0.624. The van der Waals surface area contributed by atoms with Gasteiger partial charge >= 0.3 is 0 Å². The van der Waals surface area contributed by atoms with Crippen molar-refractivity contribution in [3.63, 3.8) is 0 Å². The van der Waals surface area contributed by atoms with Crippen LogP contribution in [0.3, 0.4) is 0 Å². The SMILES string of the molecule is O=C1C(=O)c2cccc3cccc1c23.c1c[nH]cn1. The number of aromatic nitrogens is 2. The molecular weight excluding hydrogens is 240 g/mol. The molecule has 0 aliphatic heterocycles. The fourth-order valence-corrected chi connectivity index (χ4v) is 2.18. The molecule has 19 heavy (non-hydrogen) atoms. The van der Waals surface area contributed by atoms with E-state index in [9.17, 15) is 9.59 Å². The second-order valence-electron chi connectivity index (χ2n) is 4.13. The first-order valence-electron chi connectivity index (χ1n) is 5.82. The van der Waals surface area contributed by atoms with Gasteiger partial charge in [0.15, 0.2) is 0 Å². The molecular formula is C15H10N2O2. The van der Waals surface area contributed by atoms with Gasteiger partial charge in [0.1, 0.15) is 0 Å². The van der Waals surface area contributed by atoms with Crippen molar-refractivity contribution in [2.45, 2.75) is 0 Å². The Labute approximate surface area is 109 Å². The lowest BCUT2D eigenvalue weighted by Crippen LogP contribution is -2.05. The van der Waals surface area contributed by atoms with Crippen LogP contribution in [0.2, 0.25) is 0 Å². The van der Waals surface area contributed by atoms with Crippen LogP contribution in [0.25, 0.3) is 10.8 Å². The average molecular weight is 250 g/mol. The summed E-state index contributed by atoms with van der Waals surface area (Å²) >= 11 is 0. The van der Waals surface area contributed by atoms with Gasteiger partial charge < -0.3 is 4.98 Å². The predicted molar refractivity (Wildman–Crippen MR) is 71.2 cm³/mol. The molecule has 1 aliphatic rings. The Bertz CT molecular complexity index is 695. The first-order valence-corrected chi connectivity index (χ1v) is 5.82. The van der Waals surface area contributed by atoms with Crippen LogP contribution in [0.4, 0.5) is 0 Å². The smallest absolute Gasteiger partial charge is 0.234 e. The number of aromatic amines is 1. The molecule has 1 N–H and O–H groups in total. The van der Waals surface area contributed by atoms with Gasteiger partial charge in [-0.2, -0.15) is 0 Å². The maximum absolute atomic E-state index is 11.5. The lowest BCUT2D eigenvalue weighted by atomic mass is 10.1. The van der Waals surface area contributed by atoms with Gasteiger partial charge in [-0.25, -0.2) is 4.98 Å². The number of imidazole rings is 1. The summed E-state index contributed by atoms with van der Waals surface area (Å²) in [4.78, 5) is 29.5. The van der Waals surface area contributed by atoms with Gasteiger partial charge in [-0.3, -0.25) is 9.59 Å². The molecule has 0 saturated heterocycles. The fraction of sp³-hybridized carbons (Fsp3) is 0. The molecule has 0 saturated carbocycles. The van der Waals surface area contributed by atoms with E-state index in [2.05, 4.69) is 9.97 Å². The minimum Gasteiger partial charge on any atom is -0.351 e. The Morgan fingerprint density at radius 2 is 1.53 bits per heavy atom. The molecule has 0 bridgehead atoms. The molecule has 3 aromatic rings. The Kier molecular flexibility index (Phi) is 2.68. The molecule has 92 valence electrons. The van der Waals surface area contributed by atoms with Gasteiger partial charge in [-0.05, 0) is 5.39 Å². The normalized spacial score (nSPS) is 12.4. The summed E-state index contributed by atoms with van der Waals surface area (Å²) in [5.74, 6) is -0.756. The van der Waals surface area contributed by atoms with Crippen molar-refractivity contribution in [1.82, 2.24) is 9.97 Å². The molecule has 2 aromatic carbocycles. The van der Waals surface area contributed by atoms with Crippen molar-refractivity contribution in [3.8, 4) is 0 Å². The van der Waals surface area contributed by atoms with Crippen molar-refractivity contribution in [2.75, 3.05) is 0 Å². The van der Waals surface area contributed by atoms with E-state index in [0.717, 1.165) is 10.8 Å². The molecule has 0 atom stereocenters. The molecule has 1 aliphatic carbocycles. The monoisotopic (exact) mass is 250 g/mol. The molecule has 4 heteroatoms. The van der Waals surface area contributed by atoms with E-state index < -0.39 is 0 Å². The largest absolute Gasteiger partial charge is 0.351 e. The number of H-pyrrole nitrogens is 1. The second kappa shape index (κ2) is 4.49. The van der Waals surface area contributed by atoms with Gasteiger partial charge in [0.05, 0.1) is 6.33 Å². The van der Waals surface area contributed by atoms with E-state index in [4.69, 9.17) is 0 Å². The van der Waals surface area contributed by atoms with Crippen LogP contribution in [0.1, 0.15) is 20.7 Å². The third-order valence-electron chi connectivity index (χ3n) is 3.01. The Balaban J connectivity index is 0.000000187. The lowest BCUT2D eigenvalue weighted by molar-refractivity contribution is 0.0825. The Morgan fingerprint density at radius 1 is 0.895 bits per heavy atom. The fourth-order valence-electron chi connectivity index (χ4n) is 2.18. The number of Topliss-reactive ketones (excluding diaryl/α,β-unsaturated/α-hetero) is 2. The van der Waals surface area contributed by atoms with Gasteiger partial charge in [-0.1, -0.05) is 36.4 Å². The number of rotatable bonds is 0. The first kappa shape index (κ1) is 11.3. The summed E-state index contributed by atoms with van der Waals surface area (Å²) < 4.78 is 0. The number of hydrogen-bond acceptors (Lipinski definition) is 3. The van der Waals surface area contributed by atoms with Crippen molar-refractivity contribution >= 4 is 22.3 Å². The lowest BCUT2D eigenvalue weighted by Gasteiger charge is -1.97. The Morgan fingerprint density at radius 3 is 1.95 bits per heavy atom. The standard InChI is InChI=1S/C12H6O2.C3H4N2/c13-11-8-5-1-3-7-4-2-6-9(10(7)8)12(11)14;1-2-5-3-4-1/h1-6H;1-3H,(H,4,5). The average Bonchev–Trinajstić information content (AvgIpc) is 3.09. The van der Waals surface area contributed by atoms with Crippen molar-refractivity contribution in [3.05, 3.63) is 66.2 Å². The highest BCUT2D eigenvalue weighted by Crippen LogP contribution is 2.30. The van der Waals surface area contributed by atoms with Gasteiger partial charge in [0, 0.05) is 28.9 Å². The third kappa shape index (κ3) is 1.83. The summed E-state index contributed by atoms with van der Waals surface area (Å²) in [6, 6.07) is 10.8. The van der Waals surface area contributed by atoms with E-state index >= 15 is 0 Å². The summed E-state index contributed by atoms with van der Waals surface area (Å²) in [5, 5.41) is 1.77. The van der Waals surface area contributed by atoms with Gasteiger partial charge in [0.2, 0.25) is 11.6 Å². The molecule has 0 radical (unpaired) electrons. The first-order chi connectivity index (χ1) is 9.29. The number of hydrogen-bond donors (Lipinski definition) is 1. The second-order valence-corrected chi connectivity index (χ2v) is 4.13. The number of nitrogens with zero attached hydrogens (tertiary/aromatic N) is 1. The van der Waals surface area contributed by atoms with E-state index in [0.29, 0.717) is 11.1 Å². The van der Waals surface area contributed by atoms with Crippen molar-refractivity contribution in [2.24, 2.45) is 0 Å². The van der Waals surface area contributed by atoms with E-state index in [1.54, 1.807) is 43.0 Å². The minimum absolute atomic E-state index is 0.378. The zero-order valence-corrected chi connectivity index (χ0v) is 9.96. The van der Waals surface area contributed by atoms with E-state index in [1.165, 1.54) is 0 Å². The topological polar surface area (TPSA) is 62.8 Å². The number of ketones is 2. The van der Waals surface area contributed by atoms with Crippen LogP contribution in [-0.4, -0.2) is 21.5 Å². The van der Waals surface area contributed by atoms with Crippen LogP contribution >= 0.6 is 0 Å². The summed E-state index contributed by atoms with van der Waals surface area (Å²) in [6.45, 7) is 0. The van der Waals surface area contributed by atoms with Crippen LogP contribution in [0.5, 0.6) is 0 Å². The summed E-state index contributed by atoms with van der Waals surface area (Å²) in [6.07, 6.45) is 5.08. The molecule has 0 fully saturated rings. The highest BCUT2D eigenvalue weighted by molar-refractivity contribution is 6.57. The van der Waals surface area contributed by atoms with Crippen LogP contribution < -0.4 is 0 Å². The maximum atomic E-state index is 11.5. The molecule has 4 nitrogen and oxygen atoms in total. The molecule has 1 aromatic heterocycles. The van der Waals surface area contributed by atoms with Crippen LogP contribution in [0.15, 0.2) is 55.1 Å². The van der Waals surface area contributed by atoms with Crippen LogP contribution in [-0.2, 0) is 0 Å². The molecule has 4 rings (SSSR count). The zero-order valence-electron chi connectivity index (χ0n) is 9.96. The van der Waals surface area contributed by atoms with Crippen molar-refractivity contribution in [1.29, 1.82) is 0 Å². The van der Waals surface area contributed by atoms with Gasteiger partial charge in [-0.15, -0.1) is 0 Å². The number of benzene rings is 2. The summed E-state index contributed by atoms with van der Waals surface area (Å²) in [7, 11) is 0. The number of carbonyl (C=O) groups is 2. The van der Waals surface area contributed by atoms with E-state index in [1.807, 2.05) is 12.1 Å². The summed E-state index contributed by atoms with van der Waals surface area (Å²) in [5.41, 5.74) is 1.09. The number of nitrogens with one attached hydrogen (secondary N) is 1. The molecule has 0 unspecified atom stereocenters. The molecule has 0 amide bonds. The molecule has 0 spiro atoms. The van der Waals surface area contributed by atoms with E-state index in [-0.39, 0.29) is 11.6 Å². The third-order valence-corrected chi connectivity index (χ3v) is 3.01. The maximum Gasteiger partial charge on any atom is 0.234 e. The minimum atomic E-state index is -0.378.